The summed E-state index contributed by atoms with van der Waals surface area (Å²) in [5, 5.41) is 11.8. The molecule has 1 amide bonds. The van der Waals surface area contributed by atoms with E-state index in [1.165, 1.54) is 24.3 Å². The van der Waals surface area contributed by atoms with Crippen LogP contribution in [0.15, 0.2) is 29.2 Å². The highest BCUT2D eigenvalue weighted by molar-refractivity contribution is 7.89. The largest absolute Gasteiger partial charge is 0.481 e. The second-order valence-electron chi connectivity index (χ2n) is 6.56. The predicted molar refractivity (Wildman–Crippen MR) is 94.4 cm³/mol. The van der Waals surface area contributed by atoms with Crippen molar-refractivity contribution in [3.05, 3.63) is 29.8 Å². The zero-order valence-corrected chi connectivity index (χ0v) is 15.6. The van der Waals surface area contributed by atoms with Crippen LogP contribution in [0.2, 0.25) is 0 Å². The van der Waals surface area contributed by atoms with Crippen LogP contribution < -0.4 is 10.0 Å². The number of ether oxygens (including phenoxy) is 1. The van der Waals surface area contributed by atoms with Crippen LogP contribution >= 0.6 is 0 Å². The fourth-order valence-corrected chi connectivity index (χ4v) is 4.02. The lowest BCUT2D eigenvalue weighted by molar-refractivity contribution is -0.138. The van der Waals surface area contributed by atoms with Crippen molar-refractivity contribution >= 4 is 21.9 Å². The number of carbonyl (C=O) groups is 2. The molecule has 1 aromatic rings. The van der Waals surface area contributed by atoms with Gasteiger partial charge in [-0.2, -0.15) is 0 Å². The zero-order chi connectivity index (χ0) is 19.4. The second kappa shape index (κ2) is 8.15. The minimum absolute atomic E-state index is 0.0683. The minimum Gasteiger partial charge on any atom is -0.481 e. The van der Waals surface area contributed by atoms with Gasteiger partial charge in [0.1, 0.15) is 0 Å². The number of carboxylic acids is 1. The van der Waals surface area contributed by atoms with Gasteiger partial charge < -0.3 is 15.2 Å². The number of amides is 1. The molecular formula is C17H24N2O6S. The molecule has 0 spiro atoms. The van der Waals surface area contributed by atoms with Gasteiger partial charge in [-0.05, 0) is 44.0 Å². The maximum atomic E-state index is 12.4. The van der Waals surface area contributed by atoms with Gasteiger partial charge >= 0.3 is 5.97 Å². The van der Waals surface area contributed by atoms with E-state index in [0.29, 0.717) is 19.4 Å². The topological polar surface area (TPSA) is 122 Å². The van der Waals surface area contributed by atoms with E-state index in [-0.39, 0.29) is 29.5 Å². The Balaban J connectivity index is 2.12. The van der Waals surface area contributed by atoms with Crippen molar-refractivity contribution in [2.45, 2.75) is 49.6 Å². The number of hydrogen-bond acceptors (Lipinski definition) is 5. The van der Waals surface area contributed by atoms with E-state index in [0.717, 1.165) is 0 Å². The number of nitrogens with one attached hydrogen (secondary N) is 2. The Morgan fingerprint density at radius 1 is 1.31 bits per heavy atom. The van der Waals surface area contributed by atoms with E-state index in [1.54, 1.807) is 6.92 Å². The molecule has 0 aromatic heterocycles. The molecular weight excluding hydrogens is 360 g/mol. The Bertz CT molecular complexity index is 754. The molecule has 0 bridgehead atoms. The first-order valence-electron chi connectivity index (χ1n) is 8.42. The summed E-state index contributed by atoms with van der Waals surface area (Å²) in [6.45, 7) is 4.16. The van der Waals surface area contributed by atoms with E-state index >= 15 is 0 Å². The molecule has 3 N–H and O–H groups in total. The van der Waals surface area contributed by atoms with Crippen molar-refractivity contribution < 1.29 is 27.9 Å². The predicted octanol–water partition coefficient (Wildman–Crippen LogP) is 1.13. The Kier molecular flexibility index (Phi) is 6.38. The monoisotopic (exact) mass is 384 g/mol. The molecule has 1 fully saturated rings. The Hall–Kier alpha value is -1.97. The van der Waals surface area contributed by atoms with Gasteiger partial charge in [-0.15, -0.1) is 0 Å². The van der Waals surface area contributed by atoms with Crippen LogP contribution in [0.1, 0.15) is 43.5 Å². The molecule has 9 heteroatoms. The first-order chi connectivity index (χ1) is 12.2. The number of rotatable bonds is 8. The standard InChI is InChI=1S/C17H24N2O6S/c1-3-12(2)19-26(23,24)14-6-4-13(5-7-14)16(22)18-17(10-15(20)21)8-9-25-11-17/h4-7,12,19H,3,8-11H2,1-2H3,(H,18,22)(H,20,21). The van der Waals surface area contributed by atoms with Gasteiger partial charge in [0.25, 0.3) is 5.91 Å². The van der Waals surface area contributed by atoms with E-state index < -0.39 is 27.4 Å². The average Bonchev–Trinajstić information content (AvgIpc) is 3.01. The number of aliphatic carboxylic acids is 1. The molecule has 0 saturated carbocycles. The van der Waals surface area contributed by atoms with E-state index in [1.807, 2.05) is 6.92 Å². The molecule has 26 heavy (non-hydrogen) atoms. The quantitative estimate of drug-likeness (QED) is 0.618. The van der Waals surface area contributed by atoms with Gasteiger partial charge in [0, 0.05) is 18.2 Å². The van der Waals surface area contributed by atoms with E-state index in [4.69, 9.17) is 9.84 Å². The van der Waals surface area contributed by atoms with Crippen molar-refractivity contribution in [1.29, 1.82) is 0 Å². The number of sulfonamides is 1. The lowest BCUT2D eigenvalue weighted by Crippen LogP contribution is -2.50. The normalized spacial score (nSPS) is 21.3. The van der Waals surface area contributed by atoms with E-state index in [9.17, 15) is 18.0 Å². The van der Waals surface area contributed by atoms with Crippen LogP contribution in [0.4, 0.5) is 0 Å². The van der Waals surface area contributed by atoms with Gasteiger partial charge in [0.05, 0.1) is 23.5 Å². The van der Waals surface area contributed by atoms with Crippen molar-refractivity contribution in [2.75, 3.05) is 13.2 Å². The van der Waals surface area contributed by atoms with Crippen LogP contribution in [-0.4, -0.2) is 50.2 Å². The summed E-state index contributed by atoms with van der Waals surface area (Å²) in [4.78, 5) is 23.6. The van der Waals surface area contributed by atoms with Gasteiger partial charge in [0.15, 0.2) is 0 Å². The summed E-state index contributed by atoms with van der Waals surface area (Å²) < 4.78 is 32.3. The van der Waals surface area contributed by atoms with Gasteiger partial charge in [-0.25, -0.2) is 13.1 Å². The molecule has 0 aliphatic carbocycles. The molecule has 1 aliphatic rings. The molecule has 0 radical (unpaired) electrons. The smallest absolute Gasteiger partial charge is 0.305 e. The van der Waals surface area contributed by atoms with Crippen LogP contribution in [0.25, 0.3) is 0 Å². The summed E-state index contributed by atoms with van der Waals surface area (Å²) >= 11 is 0. The summed E-state index contributed by atoms with van der Waals surface area (Å²) in [5.74, 6) is -1.48. The minimum atomic E-state index is -3.64. The van der Waals surface area contributed by atoms with Crippen molar-refractivity contribution in [3.63, 3.8) is 0 Å². The maximum Gasteiger partial charge on any atom is 0.305 e. The van der Waals surface area contributed by atoms with E-state index in [2.05, 4.69) is 10.0 Å². The fraction of sp³-hybridized carbons (Fsp3) is 0.529. The fourth-order valence-electron chi connectivity index (χ4n) is 2.69. The molecule has 1 saturated heterocycles. The number of carboxylic acid groups (broad SMARTS) is 1. The van der Waals surface area contributed by atoms with Crippen LogP contribution in [0, 0.1) is 0 Å². The first-order valence-corrected chi connectivity index (χ1v) is 9.90. The summed E-state index contributed by atoms with van der Waals surface area (Å²) in [5.41, 5.74) is -0.685. The second-order valence-corrected chi connectivity index (χ2v) is 8.28. The van der Waals surface area contributed by atoms with Crippen molar-refractivity contribution in [3.8, 4) is 0 Å². The Morgan fingerprint density at radius 3 is 2.46 bits per heavy atom. The summed E-state index contributed by atoms with van der Waals surface area (Å²) in [7, 11) is -3.64. The molecule has 2 unspecified atom stereocenters. The number of carbonyl (C=O) groups excluding carboxylic acids is 1. The Labute approximate surface area is 153 Å². The average molecular weight is 384 g/mol. The molecule has 144 valence electrons. The van der Waals surface area contributed by atoms with Gasteiger partial charge in [-0.1, -0.05) is 6.92 Å². The summed E-state index contributed by atoms with van der Waals surface area (Å²) in [6, 6.07) is 5.33. The third-order valence-electron chi connectivity index (χ3n) is 4.37. The molecule has 2 atom stereocenters. The number of benzene rings is 1. The third-order valence-corrected chi connectivity index (χ3v) is 5.97. The summed E-state index contributed by atoms with van der Waals surface area (Å²) in [6.07, 6.45) is 0.841. The van der Waals surface area contributed by atoms with Crippen molar-refractivity contribution in [1.82, 2.24) is 10.0 Å². The number of hydrogen-bond donors (Lipinski definition) is 3. The highest BCUT2D eigenvalue weighted by atomic mass is 32.2. The first kappa shape index (κ1) is 20.3. The third kappa shape index (κ3) is 5.03. The Morgan fingerprint density at radius 2 is 1.96 bits per heavy atom. The van der Waals surface area contributed by atoms with Crippen LogP contribution in [0.5, 0.6) is 0 Å². The molecule has 8 nitrogen and oxygen atoms in total. The molecule has 1 heterocycles. The molecule has 2 rings (SSSR count). The van der Waals surface area contributed by atoms with Gasteiger partial charge in [0.2, 0.25) is 10.0 Å². The molecule has 1 aromatic carbocycles. The lowest BCUT2D eigenvalue weighted by atomic mass is 9.94. The lowest BCUT2D eigenvalue weighted by Gasteiger charge is -2.27. The van der Waals surface area contributed by atoms with Gasteiger partial charge in [-0.3, -0.25) is 9.59 Å². The highest BCUT2D eigenvalue weighted by Crippen LogP contribution is 2.23. The molecule has 1 aliphatic heterocycles. The zero-order valence-electron chi connectivity index (χ0n) is 14.8. The maximum absolute atomic E-state index is 12.4. The highest BCUT2D eigenvalue weighted by Gasteiger charge is 2.38. The van der Waals surface area contributed by atoms with Crippen LogP contribution in [-0.2, 0) is 19.6 Å². The van der Waals surface area contributed by atoms with Crippen LogP contribution in [0.3, 0.4) is 0 Å². The SMILES string of the molecule is CCC(C)NS(=O)(=O)c1ccc(C(=O)NC2(CC(=O)O)CCOC2)cc1. The van der Waals surface area contributed by atoms with Crippen molar-refractivity contribution in [2.24, 2.45) is 0 Å².